The molecule has 0 amide bonds. The molecule has 7 heteroatoms. The summed E-state index contributed by atoms with van der Waals surface area (Å²) in [6.07, 6.45) is -4.98. The zero-order valence-corrected chi connectivity index (χ0v) is 11.3. The Balaban J connectivity index is 2.39. The van der Waals surface area contributed by atoms with Gasteiger partial charge in [0.05, 0.1) is 17.7 Å². The number of Topliss-reactive ketones (excluding diaryl/α,β-unsaturated/α-hetero) is 1. The Hall–Kier alpha value is -2.18. The number of ketones is 1. The quantitative estimate of drug-likeness (QED) is 0.644. The zero-order valence-electron chi connectivity index (χ0n) is 11.3. The number of benzene rings is 1. The van der Waals surface area contributed by atoms with E-state index < -0.39 is 28.9 Å². The lowest BCUT2D eigenvalue weighted by molar-refractivity contribution is -0.137. The highest BCUT2D eigenvalue weighted by molar-refractivity contribution is 5.98. The third-order valence-corrected chi connectivity index (χ3v) is 3.03. The van der Waals surface area contributed by atoms with E-state index in [1.165, 1.54) is 4.68 Å². The molecule has 2 aromatic rings. The molecule has 0 N–H and O–H groups in total. The first-order valence-electron chi connectivity index (χ1n) is 6.08. The number of hydrogen-bond acceptors (Lipinski definition) is 2. The van der Waals surface area contributed by atoms with Gasteiger partial charge in [0, 0.05) is 18.3 Å². The largest absolute Gasteiger partial charge is 0.417 e. The summed E-state index contributed by atoms with van der Waals surface area (Å²) in [5, 5.41) is 4.01. The monoisotopic (exact) mass is 300 g/mol. The second-order valence-corrected chi connectivity index (χ2v) is 4.69. The molecule has 0 atom stereocenters. The van der Waals surface area contributed by atoms with Crippen molar-refractivity contribution in [3.8, 4) is 0 Å². The fraction of sp³-hybridized carbons (Fsp3) is 0.286. The van der Waals surface area contributed by atoms with Crippen LogP contribution in [0.1, 0.15) is 27.3 Å². The third-order valence-electron chi connectivity index (χ3n) is 3.03. The minimum absolute atomic E-state index is 0.274. The van der Waals surface area contributed by atoms with E-state index in [0.29, 0.717) is 29.6 Å². The molecular weight excluding hydrogens is 288 g/mol. The average molecular weight is 300 g/mol. The highest BCUT2D eigenvalue weighted by atomic mass is 19.4. The highest BCUT2D eigenvalue weighted by Gasteiger charge is 2.35. The molecule has 0 aliphatic heterocycles. The molecule has 0 fully saturated rings. The van der Waals surface area contributed by atoms with Crippen molar-refractivity contribution in [2.45, 2.75) is 19.5 Å². The van der Waals surface area contributed by atoms with Crippen LogP contribution in [0, 0.1) is 12.7 Å². The van der Waals surface area contributed by atoms with E-state index in [1.807, 2.05) is 0 Å². The normalized spacial score (nSPS) is 11.7. The summed E-state index contributed by atoms with van der Waals surface area (Å²) < 4.78 is 53.2. The Morgan fingerprint density at radius 3 is 2.48 bits per heavy atom. The van der Waals surface area contributed by atoms with Gasteiger partial charge in [-0.1, -0.05) is 0 Å². The van der Waals surface area contributed by atoms with Gasteiger partial charge in [-0.2, -0.15) is 18.3 Å². The van der Waals surface area contributed by atoms with E-state index in [1.54, 1.807) is 20.0 Å². The molecule has 21 heavy (non-hydrogen) atoms. The van der Waals surface area contributed by atoms with E-state index >= 15 is 0 Å². The van der Waals surface area contributed by atoms with Gasteiger partial charge in [-0.05, 0) is 31.2 Å². The molecule has 1 aromatic carbocycles. The molecule has 0 spiro atoms. The fourth-order valence-corrected chi connectivity index (χ4v) is 2.08. The summed E-state index contributed by atoms with van der Waals surface area (Å²) in [5.41, 5.74) is -0.681. The second-order valence-electron chi connectivity index (χ2n) is 4.69. The van der Waals surface area contributed by atoms with Gasteiger partial charge in [-0.15, -0.1) is 0 Å². The van der Waals surface area contributed by atoms with Gasteiger partial charge in [-0.3, -0.25) is 9.48 Å². The molecule has 0 saturated heterocycles. The standard InChI is InChI=1S/C14H12F4N2O/c1-8-5-10(20(2)19-8)7-13(21)11-6-9(15)3-4-12(11)14(16,17)18/h3-6H,7H2,1-2H3. The van der Waals surface area contributed by atoms with Crippen LogP contribution in [0.2, 0.25) is 0 Å². The number of halogens is 4. The topological polar surface area (TPSA) is 34.9 Å². The number of carbonyl (C=O) groups excluding carboxylic acids is 1. The molecule has 0 aliphatic rings. The second kappa shape index (κ2) is 5.31. The summed E-state index contributed by atoms with van der Waals surface area (Å²) >= 11 is 0. The summed E-state index contributed by atoms with van der Waals surface area (Å²) in [6, 6.07) is 3.49. The molecule has 3 nitrogen and oxygen atoms in total. The number of nitrogens with zero attached hydrogens (tertiary/aromatic N) is 2. The third kappa shape index (κ3) is 3.29. The van der Waals surface area contributed by atoms with Crippen molar-refractivity contribution in [2.75, 3.05) is 0 Å². The molecule has 0 aliphatic carbocycles. The lowest BCUT2D eigenvalue weighted by Gasteiger charge is -2.12. The number of rotatable bonds is 3. The van der Waals surface area contributed by atoms with Crippen molar-refractivity contribution in [3.63, 3.8) is 0 Å². The van der Waals surface area contributed by atoms with Crippen LogP contribution < -0.4 is 0 Å². The van der Waals surface area contributed by atoms with Crippen LogP contribution in [-0.2, 0) is 19.6 Å². The van der Waals surface area contributed by atoms with Gasteiger partial charge in [0.1, 0.15) is 5.82 Å². The Kier molecular flexibility index (Phi) is 3.85. The van der Waals surface area contributed by atoms with Crippen LogP contribution in [0.3, 0.4) is 0 Å². The van der Waals surface area contributed by atoms with Crippen molar-refractivity contribution in [2.24, 2.45) is 7.05 Å². The van der Waals surface area contributed by atoms with Crippen LogP contribution >= 0.6 is 0 Å². The van der Waals surface area contributed by atoms with Crippen LogP contribution in [0.5, 0.6) is 0 Å². The first kappa shape index (κ1) is 15.2. The molecular formula is C14H12F4N2O. The van der Waals surface area contributed by atoms with Crippen LogP contribution in [0.4, 0.5) is 17.6 Å². The van der Waals surface area contributed by atoms with Gasteiger partial charge in [0.15, 0.2) is 5.78 Å². The average Bonchev–Trinajstić information content (AvgIpc) is 2.66. The van der Waals surface area contributed by atoms with E-state index in [2.05, 4.69) is 5.10 Å². The number of aromatic nitrogens is 2. The van der Waals surface area contributed by atoms with Gasteiger partial charge < -0.3 is 0 Å². The smallest absolute Gasteiger partial charge is 0.294 e. The van der Waals surface area contributed by atoms with Gasteiger partial charge in [0.25, 0.3) is 0 Å². The number of hydrogen-bond donors (Lipinski definition) is 0. The first-order chi connectivity index (χ1) is 9.68. The molecule has 0 saturated carbocycles. The van der Waals surface area contributed by atoms with Gasteiger partial charge >= 0.3 is 6.18 Å². The maximum atomic E-state index is 13.2. The lowest BCUT2D eigenvalue weighted by Crippen LogP contribution is -2.16. The number of carbonyl (C=O) groups is 1. The van der Waals surface area contributed by atoms with E-state index in [4.69, 9.17) is 0 Å². The van der Waals surface area contributed by atoms with Crippen molar-refractivity contribution in [3.05, 3.63) is 52.6 Å². The van der Waals surface area contributed by atoms with Crippen molar-refractivity contribution in [1.82, 2.24) is 9.78 Å². The number of aryl methyl sites for hydroxylation is 2. The van der Waals surface area contributed by atoms with E-state index in [-0.39, 0.29) is 6.42 Å². The SMILES string of the molecule is Cc1cc(CC(=O)c2cc(F)ccc2C(F)(F)F)n(C)n1. The summed E-state index contributed by atoms with van der Waals surface area (Å²) in [6.45, 7) is 1.71. The van der Waals surface area contributed by atoms with Gasteiger partial charge in [-0.25, -0.2) is 4.39 Å². The van der Waals surface area contributed by atoms with Gasteiger partial charge in [0.2, 0.25) is 0 Å². The zero-order chi connectivity index (χ0) is 15.8. The minimum Gasteiger partial charge on any atom is -0.294 e. The molecule has 2 rings (SSSR count). The Bertz CT molecular complexity index is 689. The van der Waals surface area contributed by atoms with Crippen molar-refractivity contribution < 1.29 is 22.4 Å². The predicted molar refractivity (Wildman–Crippen MR) is 67.4 cm³/mol. The Morgan fingerprint density at radius 2 is 1.95 bits per heavy atom. The molecule has 0 unspecified atom stereocenters. The van der Waals surface area contributed by atoms with E-state index in [0.717, 1.165) is 0 Å². The maximum Gasteiger partial charge on any atom is 0.417 e. The molecule has 0 bridgehead atoms. The molecule has 1 heterocycles. The molecule has 112 valence electrons. The summed E-state index contributed by atoms with van der Waals surface area (Å²) in [5.74, 6) is -1.68. The minimum atomic E-state index is -4.71. The van der Waals surface area contributed by atoms with Crippen LogP contribution in [-0.4, -0.2) is 15.6 Å². The molecule has 1 aromatic heterocycles. The maximum absolute atomic E-state index is 13.2. The van der Waals surface area contributed by atoms with Crippen molar-refractivity contribution >= 4 is 5.78 Å². The highest BCUT2D eigenvalue weighted by Crippen LogP contribution is 2.33. The summed E-state index contributed by atoms with van der Waals surface area (Å²) in [7, 11) is 1.59. The number of alkyl halides is 3. The first-order valence-corrected chi connectivity index (χ1v) is 6.08. The summed E-state index contributed by atoms with van der Waals surface area (Å²) in [4.78, 5) is 12.1. The van der Waals surface area contributed by atoms with E-state index in [9.17, 15) is 22.4 Å². The molecule has 0 radical (unpaired) electrons. The predicted octanol–water partition coefficient (Wildman–Crippen LogP) is 3.31. The fourth-order valence-electron chi connectivity index (χ4n) is 2.08. The van der Waals surface area contributed by atoms with Crippen LogP contribution in [0.25, 0.3) is 0 Å². The Labute approximate surface area is 118 Å². The Morgan fingerprint density at radius 1 is 1.29 bits per heavy atom. The lowest BCUT2D eigenvalue weighted by atomic mass is 10.00. The van der Waals surface area contributed by atoms with Crippen LogP contribution in [0.15, 0.2) is 24.3 Å². The van der Waals surface area contributed by atoms with Crippen molar-refractivity contribution in [1.29, 1.82) is 0 Å².